The van der Waals surface area contributed by atoms with E-state index in [9.17, 15) is 14.0 Å². The van der Waals surface area contributed by atoms with Crippen molar-refractivity contribution in [2.45, 2.75) is 26.4 Å². The highest BCUT2D eigenvalue weighted by Crippen LogP contribution is 2.17. The molecule has 0 unspecified atom stereocenters. The molecular formula is C24H23FN8O2. The summed E-state index contributed by atoms with van der Waals surface area (Å²) in [5.41, 5.74) is 3.12. The van der Waals surface area contributed by atoms with Gasteiger partial charge in [0.1, 0.15) is 12.4 Å². The number of pyridine rings is 2. The van der Waals surface area contributed by atoms with E-state index in [4.69, 9.17) is 0 Å². The smallest absolute Gasteiger partial charge is 0.293 e. The van der Waals surface area contributed by atoms with Crippen LogP contribution in [0, 0.1) is 12.7 Å². The Bertz CT molecular complexity index is 1590. The summed E-state index contributed by atoms with van der Waals surface area (Å²) in [4.78, 5) is 44.1. The Morgan fingerprint density at radius 1 is 1.09 bits per heavy atom. The van der Waals surface area contributed by atoms with Gasteiger partial charge in [-0.15, -0.1) is 0 Å². The van der Waals surface area contributed by atoms with Crippen LogP contribution in [0.25, 0.3) is 21.8 Å². The van der Waals surface area contributed by atoms with Crippen LogP contribution >= 0.6 is 0 Å². The van der Waals surface area contributed by atoms with Crippen molar-refractivity contribution < 1.29 is 9.18 Å². The fraction of sp³-hybridized carbons (Fsp3) is 0.208. The Labute approximate surface area is 198 Å². The van der Waals surface area contributed by atoms with Crippen molar-refractivity contribution in [3.8, 4) is 0 Å². The third kappa shape index (κ3) is 4.74. The first-order chi connectivity index (χ1) is 17.0. The second-order valence-electron chi connectivity index (χ2n) is 8.19. The second kappa shape index (κ2) is 9.37. The number of aromatic amines is 2. The Morgan fingerprint density at radius 3 is 2.80 bits per heavy atom. The van der Waals surface area contributed by atoms with Crippen LogP contribution in [0.3, 0.4) is 0 Å². The summed E-state index contributed by atoms with van der Waals surface area (Å²) in [5, 5.41) is 7.29. The maximum atomic E-state index is 13.8. The van der Waals surface area contributed by atoms with Crippen LogP contribution in [0.1, 0.15) is 17.1 Å². The molecule has 178 valence electrons. The standard InChI is InChI=1S/C24H23FN8O2/c1-14-8-32-23(27-5-3-16-7-18-19(25)10-30-21(18)12-28-16)24(35)33(14)13-22(34)31-9-17-6-15-2-4-26-20(15)11-29-17/h2,4,6-8,10-12,26,30H,3,5,9,13H2,1H3,(H,27,32)(H,31,34). The number of halogens is 1. The van der Waals surface area contributed by atoms with E-state index in [1.807, 2.05) is 18.3 Å². The Hall–Kier alpha value is -4.54. The predicted octanol–water partition coefficient (Wildman–Crippen LogP) is 2.41. The van der Waals surface area contributed by atoms with Crippen molar-refractivity contribution in [2.24, 2.45) is 0 Å². The summed E-state index contributed by atoms with van der Waals surface area (Å²) < 4.78 is 15.2. The first kappa shape index (κ1) is 22.3. The number of H-pyrrole nitrogens is 2. The van der Waals surface area contributed by atoms with E-state index in [2.05, 4.69) is 35.6 Å². The van der Waals surface area contributed by atoms with E-state index in [0.29, 0.717) is 35.3 Å². The molecule has 0 atom stereocenters. The van der Waals surface area contributed by atoms with Gasteiger partial charge in [-0.05, 0) is 25.1 Å². The van der Waals surface area contributed by atoms with E-state index in [0.717, 1.165) is 16.6 Å². The minimum atomic E-state index is -0.396. The molecule has 5 aromatic heterocycles. The highest BCUT2D eigenvalue weighted by Gasteiger charge is 2.12. The van der Waals surface area contributed by atoms with Gasteiger partial charge in [0.25, 0.3) is 5.56 Å². The van der Waals surface area contributed by atoms with Gasteiger partial charge >= 0.3 is 0 Å². The highest BCUT2D eigenvalue weighted by atomic mass is 19.1. The van der Waals surface area contributed by atoms with Crippen LogP contribution in [-0.4, -0.2) is 41.9 Å². The van der Waals surface area contributed by atoms with Gasteiger partial charge in [0, 0.05) is 53.7 Å². The summed E-state index contributed by atoms with van der Waals surface area (Å²) in [7, 11) is 0. The van der Waals surface area contributed by atoms with Crippen molar-refractivity contribution in [1.82, 2.24) is 34.8 Å². The molecule has 5 heterocycles. The second-order valence-corrected chi connectivity index (χ2v) is 8.19. The Balaban J connectivity index is 1.20. The van der Waals surface area contributed by atoms with Gasteiger partial charge in [-0.1, -0.05) is 0 Å². The lowest BCUT2D eigenvalue weighted by molar-refractivity contribution is -0.121. The number of amides is 1. The van der Waals surface area contributed by atoms with E-state index < -0.39 is 5.56 Å². The maximum absolute atomic E-state index is 13.8. The van der Waals surface area contributed by atoms with Crippen LogP contribution in [0.2, 0.25) is 0 Å². The molecule has 0 fully saturated rings. The lowest BCUT2D eigenvalue weighted by atomic mass is 10.2. The third-order valence-corrected chi connectivity index (χ3v) is 5.76. The number of carbonyl (C=O) groups is 1. The minimum absolute atomic E-state index is 0.136. The van der Waals surface area contributed by atoms with Crippen molar-refractivity contribution in [2.75, 3.05) is 11.9 Å². The molecule has 35 heavy (non-hydrogen) atoms. The first-order valence-electron chi connectivity index (χ1n) is 11.1. The average Bonchev–Trinajstić information content (AvgIpc) is 3.48. The van der Waals surface area contributed by atoms with E-state index in [1.54, 1.807) is 25.4 Å². The zero-order chi connectivity index (χ0) is 24.4. The van der Waals surface area contributed by atoms with E-state index in [1.165, 1.54) is 17.0 Å². The highest BCUT2D eigenvalue weighted by molar-refractivity contribution is 5.80. The van der Waals surface area contributed by atoms with Crippen molar-refractivity contribution >= 4 is 33.5 Å². The molecule has 1 amide bonds. The molecule has 0 radical (unpaired) electrons. The van der Waals surface area contributed by atoms with Crippen LogP contribution in [-0.2, 0) is 24.3 Å². The molecule has 11 heteroatoms. The Kier molecular flexibility index (Phi) is 5.96. The number of hydrogen-bond donors (Lipinski definition) is 4. The SMILES string of the molecule is Cc1cnc(NCCc2cc3c(F)c[nH]c3cn2)c(=O)n1CC(=O)NCc1cc2cc[nH]c2cn1. The molecule has 0 saturated carbocycles. The first-order valence-corrected chi connectivity index (χ1v) is 11.1. The average molecular weight is 475 g/mol. The van der Waals surface area contributed by atoms with Gasteiger partial charge in [0.15, 0.2) is 5.82 Å². The van der Waals surface area contributed by atoms with Crippen LogP contribution in [0.4, 0.5) is 10.2 Å². The van der Waals surface area contributed by atoms with Crippen molar-refractivity contribution in [3.05, 3.63) is 82.4 Å². The van der Waals surface area contributed by atoms with Crippen LogP contribution < -0.4 is 16.2 Å². The minimum Gasteiger partial charge on any atom is -0.365 e. The van der Waals surface area contributed by atoms with Gasteiger partial charge in [0.2, 0.25) is 5.91 Å². The largest absolute Gasteiger partial charge is 0.365 e. The number of aryl methyl sites for hydroxylation is 1. The lowest BCUT2D eigenvalue weighted by Crippen LogP contribution is -2.34. The molecule has 4 N–H and O–H groups in total. The van der Waals surface area contributed by atoms with Gasteiger partial charge in [0.05, 0.1) is 35.7 Å². The molecule has 5 aromatic rings. The number of aromatic nitrogens is 6. The molecule has 0 aliphatic heterocycles. The summed E-state index contributed by atoms with van der Waals surface area (Å²) in [6, 6.07) is 5.51. The van der Waals surface area contributed by atoms with Gasteiger partial charge in [-0.25, -0.2) is 9.37 Å². The molecule has 0 aliphatic rings. The molecule has 10 nitrogen and oxygen atoms in total. The number of anilines is 1. The summed E-state index contributed by atoms with van der Waals surface area (Å²) in [5.74, 6) is -0.509. The number of fused-ring (bicyclic) bond motifs is 2. The van der Waals surface area contributed by atoms with Crippen LogP contribution in [0.5, 0.6) is 0 Å². The van der Waals surface area contributed by atoms with E-state index >= 15 is 0 Å². The van der Waals surface area contributed by atoms with Gasteiger partial charge < -0.3 is 20.6 Å². The number of nitrogens with one attached hydrogen (secondary N) is 4. The molecule has 0 spiro atoms. The predicted molar refractivity (Wildman–Crippen MR) is 129 cm³/mol. The van der Waals surface area contributed by atoms with Gasteiger partial charge in [-0.2, -0.15) is 0 Å². The fourth-order valence-corrected chi connectivity index (χ4v) is 3.85. The molecule has 5 rings (SSSR count). The fourth-order valence-electron chi connectivity index (χ4n) is 3.85. The van der Waals surface area contributed by atoms with Crippen molar-refractivity contribution in [3.63, 3.8) is 0 Å². The third-order valence-electron chi connectivity index (χ3n) is 5.76. The quantitative estimate of drug-likeness (QED) is 0.273. The number of carbonyl (C=O) groups excluding carboxylic acids is 1. The van der Waals surface area contributed by atoms with Crippen molar-refractivity contribution in [1.29, 1.82) is 0 Å². The molecule has 0 aliphatic carbocycles. The number of hydrogen-bond acceptors (Lipinski definition) is 6. The zero-order valence-corrected chi connectivity index (χ0v) is 18.9. The lowest BCUT2D eigenvalue weighted by Gasteiger charge is -2.12. The van der Waals surface area contributed by atoms with Gasteiger partial charge in [-0.3, -0.25) is 24.1 Å². The zero-order valence-electron chi connectivity index (χ0n) is 18.9. The maximum Gasteiger partial charge on any atom is 0.293 e. The topological polar surface area (TPSA) is 133 Å². The molecule has 0 bridgehead atoms. The molecular weight excluding hydrogens is 451 g/mol. The number of nitrogens with zero attached hydrogens (tertiary/aromatic N) is 4. The summed E-state index contributed by atoms with van der Waals surface area (Å²) in [6.07, 6.45) is 8.42. The monoisotopic (exact) mass is 474 g/mol. The van der Waals surface area contributed by atoms with Crippen LogP contribution in [0.15, 0.2) is 54.0 Å². The number of rotatable bonds is 8. The summed E-state index contributed by atoms with van der Waals surface area (Å²) in [6.45, 7) is 2.20. The normalized spacial score (nSPS) is 11.3. The molecule has 0 aromatic carbocycles. The summed E-state index contributed by atoms with van der Waals surface area (Å²) >= 11 is 0. The molecule has 0 saturated heterocycles. The Morgan fingerprint density at radius 2 is 1.91 bits per heavy atom. The van der Waals surface area contributed by atoms with E-state index in [-0.39, 0.29) is 30.6 Å².